The number of hydrazone groups is 1. The van der Waals surface area contributed by atoms with Crippen LogP contribution in [0.25, 0.3) is 11.4 Å². The quantitative estimate of drug-likeness (QED) is 0.408. The van der Waals surface area contributed by atoms with Crippen molar-refractivity contribution >= 4 is 12.1 Å². The summed E-state index contributed by atoms with van der Waals surface area (Å²) < 4.78 is 0. The van der Waals surface area contributed by atoms with Crippen LogP contribution in [0.4, 0.5) is 0 Å². The fourth-order valence-corrected chi connectivity index (χ4v) is 2.61. The van der Waals surface area contributed by atoms with Crippen LogP contribution in [-0.2, 0) is 6.54 Å². The molecule has 29 heavy (non-hydrogen) atoms. The number of benzene rings is 2. The summed E-state index contributed by atoms with van der Waals surface area (Å²) >= 11 is 0. The van der Waals surface area contributed by atoms with E-state index in [0.717, 1.165) is 11.1 Å². The molecule has 2 aromatic carbocycles. The van der Waals surface area contributed by atoms with E-state index in [1.807, 2.05) is 54.6 Å². The number of pyridine rings is 1. The molecule has 0 aliphatic carbocycles. The molecule has 2 aromatic heterocycles. The van der Waals surface area contributed by atoms with Crippen molar-refractivity contribution < 1.29 is 4.79 Å². The van der Waals surface area contributed by atoms with Gasteiger partial charge in [-0.3, -0.25) is 9.78 Å². The van der Waals surface area contributed by atoms with E-state index < -0.39 is 0 Å². The lowest BCUT2D eigenvalue weighted by Gasteiger charge is -2.03. The molecule has 0 atom stereocenters. The molecule has 8 nitrogen and oxygen atoms in total. The first-order valence-electron chi connectivity index (χ1n) is 8.94. The van der Waals surface area contributed by atoms with Gasteiger partial charge in [-0.1, -0.05) is 48.5 Å². The molecule has 0 aliphatic heterocycles. The number of hydrogen-bond acceptors (Lipinski definition) is 6. The minimum atomic E-state index is -0.297. The van der Waals surface area contributed by atoms with Crippen LogP contribution in [0.15, 0.2) is 84.1 Å². The number of carbonyl (C=O) groups excluding carboxylic acids is 1. The Labute approximate surface area is 166 Å². The van der Waals surface area contributed by atoms with E-state index in [9.17, 15) is 4.79 Å². The molecule has 1 amide bonds. The minimum Gasteiger partial charge on any atom is -0.267 e. The van der Waals surface area contributed by atoms with Crippen molar-refractivity contribution in [2.24, 2.45) is 5.10 Å². The number of amides is 1. The number of aromatic nitrogens is 5. The number of carbonyl (C=O) groups is 1. The summed E-state index contributed by atoms with van der Waals surface area (Å²) in [5.41, 5.74) is 5.53. The summed E-state index contributed by atoms with van der Waals surface area (Å²) in [4.78, 5) is 17.8. The molecule has 4 aromatic rings. The van der Waals surface area contributed by atoms with E-state index in [1.165, 1.54) is 11.0 Å². The summed E-state index contributed by atoms with van der Waals surface area (Å²) in [5.74, 6) is 0.279. The van der Waals surface area contributed by atoms with Crippen LogP contribution in [0.5, 0.6) is 0 Å². The zero-order valence-electron chi connectivity index (χ0n) is 15.4. The zero-order chi connectivity index (χ0) is 19.9. The molecule has 0 unspecified atom stereocenters. The lowest BCUT2D eigenvalue weighted by molar-refractivity contribution is 0.0955. The van der Waals surface area contributed by atoms with Crippen LogP contribution >= 0.6 is 0 Å². The van der Waals surface area contributed by atoms with Gasteiger partial charge in [-0.05, 0) is 35.0 Å². The maximum Gasteiger partial charge on any atom is 0.271 e. The molecule has 0 radical (unpaired) electrons. The van der Waals surface area contributed by atoms with Crippen LogP contribution in [0.1, 0.15) is 21.6 Å². The highest BCUT2D eigenvalue weighted by atomic mass is 16.2. The molecule has 0 spiro atoms. The minimum absolute atomic E-state index is 0.297. The van der Waals surface area contributed by atoms with Crippen LogP contribution in [0.2, 0.25) is 0 Å². The van der Waals surface area contributed by atoms with Crippen LogP contribution in [-0.4, -0.2) is 37.3 Å². The Bertz CT molecular complexity index is 1110. The summed E-state index contributed by atoms with van der Waals surface area (Å²) in [6.45, 7) is 0.458. The summed E-state index contributed by atoms with van der Waals surface area (Å²) in [5, 5.41) is 16.5. The van der Waals surface area contributed by atoms with Gasteiger partial charge in [-0.2, -0.15) is 9.90 Å². The fraction of sp³-hybridized carbons (Fsp3) is 0.0476. The molecule has 8 heteroatoms. The number of nitrogens with one attached hydrogen (secondary N) is 1. The van der Waals surface area contributed by atoms with Gasteiger partial charge in [-0.15, -0.1) is 10.2 Å². The van der Waals surface area contributed by atoms with Gasteiger partial charge >= 0.3 is 0 Å². The van der Waals surface area contributed by atoms with Gasteiger partial charge < -0.3 is 0 Å². The molecule has 0 bridgehead atoms. The highest BCUT2D eigenvalue weighted by Gasteiger charge is 2.07. The van der Waals surface area contributed by atoms with E-state index in [-0.39, 0.29) is 5.91 Å². The molecule has 2 heterocycles. The smallest absolute Gasteiger partial charge is 0.267 e. The third-order valence-corrected chi connectivity index (χ3v) is 4.08. The van der Waals surface area contributed by atoms with Crippen molar-refractivity contribution in [3.05, 3.63) is 95.8 Å². The van der Waals surface area contributed by atoms with E-state index in [0.29, 0.717) is 23.6 Å². The molecular formula is C21H17N7O. The third-order valence-electron chi connectivity index (χ3n) is 4.08. The normalized spacial score (nSPS) is 10.9. The molecular weight excluding hydrogens is 366 g/mol. The second kappa shape index (κ2) is 8.66. The monoisotopic (exact) mass is 383 g/mol. The number of rotatable bonds is 6. The fourth-order valence-electron chi connectivity index (χ4n) is 2.61. The standard InChI is InChI=1S/C21H17N7O/c29-21(25-23-14-19-8-4-5-13-22-19)18-11-9-16(10-12-18)15-28-26-20(24-27-28)17-6-2-1-3-7-17/h1-14H,15H2,(H,25,29)/b23-14-. The Hall–Kier alpha value is -4.20. The Morgan fingerprint density at radius 2 is 1.79 bits per heavy atom. The van der Waals surface area contributed by atoms with Crippen LogP contribution in [0, 0.1) is 0 Å². The van der Waals surface area contributed by atoms with Gasteiger partial charge in [0.05, 0.1) is 18.5 Å². The lowest BCUT2D eigenvalue weighted by Crippen LogP contribution is -2.17. The molecule has 0 aliphatic rings. The van der Waals surface area contributed by atoms with Crippen molar-refractivity contribution in [2.75, 3.05) is 0 Å². The number of hydrogen-bond donors (Lipinski definition) is 1. The maximum absolute atomic E-state index is 12.2. The molecule has 0 saturated carbocycles. The topological polar surface area (TPSA) is 98.0 Å². The van der Waals surface area contributed by atoms with E-state index in [2.05, 4.69) is 30.9 Å². The molecule has 1 N–H and O–H groups in total. The van der Waals surface area contributed by atoms with Crippen molar-refractivity contribution in [3.63, 3.8) is 0 Å². The summed E-state index contributed by atoms with van der Waals surface area (Å²) in [6, 6.07) is 22.3. The maximum atomic E-state index is 12.2. The van der Waals surface area contributed by atoms with E-state index >= 15 is 0 Å². The van der Waals surface area contributed by atoms with E-state index in [4.69, 9.17) is 0 Å². The van der Waals surface area contributed by atoms with Crippen molar-refractivity contribution in [2.45, 2.75) is 6.54 Å². The molecule has 4 rings (SSSR count). The first-order chi connectivity index (χ1) is 14.3. The SMILES string of the molecule is O=C(N/N=C\c1ccccn1)c1ccc(Cn2nnc(-c3ccccc3)n2)cc1. The first kappa shape index (κ1) is 18.2. The second-order valence-corrected chi connectivity index (χ2v) is 6.16. The largest absolute Gasteiger partial charge is 0.271 e. The van der Waals surface area contributed by atoms with Gasteiger partial charge in [0.2, 0.25) is 5.82 Å². The Morgan fingerprint density at radius 3 is 2.55 bits per heavy atom. The highest BCUT2D eigenvalue weighted by Crippen LogP contribution is 2.12. The highest BCUT2D eigenvalue weighted by molar-refractivity contribution is 5.94. The predicted molar refractivity (Wildman–Crippen MR) is 108 cm³/mol. The summed E-state index contributed by atoms with van der Waals surface area (Å²) in [6.07, 6.45) is 3.15. The van der Waals surface area contributed by atoms with Gasteiger partial charge in [0.15, 0.2) is 0 Å². The summed E-state index contributed by atoms with van der Waals surface area (Å²) in [7, 11) is 0. The van der Waals surface area contributed by atoms with E-state index in [1.54, 1.807) is 24.4 Å². The van der Waals surface area contributed by atoms with Crippen molar-refractivity contribution in [1.29, 1.82) is 0 Å². The Kier molecular flexibility index (Phi) is 5.43. The van der Waals surface area contributed by atoms with Crippen molar-refractivity contribution in [1.82, 2.24) is 30.6 Å². The zero-order valence-corrected chi connectivity index (χ0v) is 15.4. The average molecular weight is 383 g/mol. The molecule has 0 saturated heterocycles. The lowest BCUT2D eigenvalue weighted by atomic mass is 10.1. The average Bonchev–Trinajstić information content (AvgIpc) is 3.24. The first-order valence-corrected chi connectivity index (χ1v) is 8.94. The van der Waals surface area contributed by atoms with Crippen molar-refractivity contribution in [3.8, 4) is 11.4 Å². The second-order valence-electron chi connectivity index (χ2n) is 6.16. The van der Waals surface area contributed by atoms with Gasteiger partial charge in [0.25, 0.3) is 5.91 Å². The van der Waals surface area contributed by atoms with Crippen LogP contribution < -0.4 is 5.43 Å². The van der Waals surface area contributed by atoms with Crippen LogP contribution in [0.3, 0.4) is 0 Å². The molecule has 142 valence electrons. The number of nitrogens with zero attached hydrogens (tertiary/aromatic N) is 6. The predicted octanol–water partition coefficient (Wildman–Crippen LogP) is 2.55. The Morgan fingerprint density at radius 1 is 1.00 bits per heavy atom. The third kappa shape index (κ3) is 4.75. The molecule has 0 fully saturated rings. The van der Waals surface area contributed by atoms with Gasteiger partial charge in [-0.25, -0.2) is 5.43 Å². The number of tetrazole rings is 1. The van der Waals surface area contributed by atoms with Gasteiger partial charge in [0, 0.05) is 17.3 Å². The van der Waals surface area contributed by atoms with Gasteiger partial charge in [0.1, 0.15) is 0 Å². The Balaban J connectivity index is 1.36.